The minimum absolute atomic E-state index is 0.777. The van der Waals surface area contributed by atoms with Crippen LogP contribution >= 0.6 is 0 Å². The third-order valence-electron chi connectivity index (χ3n) is 4.42. The minimum Gasteiger partial charge on any atom is -0.232 e. The Morgan fingerprint density at radius 2 is 1.25 bits per heavy atom. The third kappa shape index (κ3) is 2.31. The molecule has 0 bridgehead atoms. The highest BCUT2D eigenvalue weighted by atomic mass is 16.3. The van der Waals surface area contributed by atoms with Gasteiger partial charge in [0.25, 0.3) is 0 Å². The van der Waals surface area contributed by atoms with E-state index in [1.807, 2.05) is 24.3 Å². The molecule has 3 aromatic rings. The van der Waals surface area contributed by atoms with Gasteiger partial charge >= 0.3 is 0 Å². The van der Waals surface area contributed by atoms with E-state index in [2.05, 4.69) is 59.9 Å². The van der Waals surface area contributed by atoms with Gasteiger partial charge in [0.15, 0.2) is 0 Å². The average molecular weight is 312 g/mol. The van der Waals surface area contributed by atoms with Crippen LogP contribution in [0.25, 0.3) is 22.8 Å². The van der Waals surface area contributed by atoms with Crippen molar-refractivity contribution in [3.05, 3.63) is 94.4 Å². The molecule has 0 aromatic heterocycles. The van der Waals surface area contributed by atoms with E-state index in [9.17, 15) is 4.91 Å². The second kappa shape index (κ2) is 5.78. The molecule has 0 amide bonds. The van der Waals surface area contributed by atoms with E-state index in [1.54, 1.807) is 7.05 Å². The van der Waals surface area contributed by atoms with Gasteiger partial charge in [0, 0.05) is 7.05 Å². The quantitative estimate of drug-likeness (QED) is 0.376. The summed E-state index contributed by atoms with van der Waals surface area (Å²) in [5.41, 5.74) is 8.18. The summed E-state index contributed by atoms with van der Waals surface area (Å²) in [5, 5.41) is 4.24. The number of benzene rings is 3. The Morgan fingerprint density at radius 3 is 1.75 bits per heavy atom. The predicted molar refractivity (Wildman–Crippen MR) is 99.5 cm³/mol. The second-order valence-electron chi connectivity index (χ2n) is 5.85. The highest BCUT2D eigenvalue weighted by Crippen LogP contribution is 2.44. The van der Waals surface area contributed by atoms with E-state index in [4.69, 9.17) is 0 Å². The van der Waals surface area contributed by atoms with Crippen LogP contribution in [0.3, 0.4) is 0 Å². The number of rotatable bonds is 3. The molecule has 0 fully saturated rings. The number of nitrogens with zero attached hydrogens (tertiary/aromatic N) is 2. The molecule has 0 atom stereocenters. The fourth-order valence-electron chi connectivity index (χ4n) is 3.21. The molecule has 0 spiro atoms. The Hall–Kier alpha value is -3.20. The second-order valence-corrected chi connectivity index (χ2v) is 5.85. The zero-order valence-electron chi connectivity index (χ0n) is 13.3. The molecule has 24 heavy (non-hydrogen) atoms. The van der Waals surface area contributed by atoms with Gasteiger partial charge in [0.05, 0.1) is 11.0 Å². The highest BCUT2D eigenvalue weighted by Gasteiger charge is 2.22. The molecule has 1 aliphatic rings. The van der Waals surface area contributed by atoms with Gasteiger partial charge in [-0.2, -0.15) is 0 Å². The standard InChI is InChI=1S/C21H16N2O/c1-23(22-24)16-12-10-15(11-13-16)14-21-19-8-4-2-6-17(19)18-7-3-5-9-20(18)21/h2-14H,1H3. The van der Waals surface area contributed by atoms with Crippen LogP contribution in [0.2, 0.25) is 0 Å². The molecule has 116 valence electrons. The van der Waals surface area contributed by atoms with Crippen LogP contribution in [0, 0.1) is 4.91 Å². The van der Waals surface area contributed by atoms with Crippen molar-refractivity contribution in [2.75, 3.05) is 12.1 Å². The van der Waals surface area contributed by atoms with Gasteiger partial charge < -0.3 is 0 Å². The van der Waals surface area contributed by atoms with Crippen LogP contribution in [-0.4, -0.2) is 7.05 Å². The molecular formula is C21H16N2O. The SMILES string of the molecule is CN(N=O)c1ccc(C=C2c3ccccc3-c3ccccc32)cc1. The monoisotopic (exact) mass is 312 g/mol. The molecule has 3 heteroatoms. The summed E-state index contributed by atoms with van der Waals surface area (Å²) in [5.74, 6) is 0. The zero-order chi connectivity index (χ0) is 16.5. The lowest BCUT2D eigenvalue weighted by molar-refractivity contribution is 1.00. The predicted octanol–water partition coefficient (Wildman–Crippen LogP) is 5.37. The van der Waals surface area contributed by atoms with Gasteiger partial charge in [0.2, 0.25) is 0 Å². The number of fused-ring (bicyclic) bond motifs is 3. The van der Waals surface area contributed by atoms with Gasteiger partial charge in [0.1, 0.15) is 0 Å². The summed E-state index contributed by atoms with van der Waals surface area (Å²) < 4.78 is 0. The van der Waals surface area contributed by atoms with Crippen molar-refractivity contribution in [1.29, 1.82) is 0 Å². The third-order valence-corrected chi connectivity index (χ3v) is 4.42. The molecule has 0 saturated heterocycles. The molecule has 0 saturated carbocycles. The normalized spacial score (nSPS) is 11.6. The minimum atomic E-state index is 0.777. The molecular weight excluding hydrogens is 296 g/mol. The lowest BCUT2D eigenvalue weighted by atomic mass is 10.0. The molecule has 3 nitrogen and oxygen atoms in total. The van der Waals surface area contributed by atoms with Gasteiger partial charge in [-0.15, -0.1) is 4.91 Å². The van der Waals surface area contributed by atoms with Crippen molar-refractivity contribution in [3.63, 3.8) is 0 Å². The topological polar surface area (TPSA) is 32.7 Å². The fourth-order valence-corrected chi connectivity index (χ4v) is 3.21. The van der Waals surface area contributed by atoms with Crippen molar-refractivity contribution in [2.45, 2.75) is 0 Å². The molecule has 4 rings (SSSR count). The van der Waals surface area contributed by atoms with E-state index in [0.29, 0.717) is 0 Å². The lowest BCUT2D eigenvalue weighted by Gasteiger charge is -2.08. The summed E-state index contributed by atoms with van der Waals surface area (Å²) in [6.07, 6.45) is 2.20. The average Bonchev–Trinajstić information content (AvgIpc) is 2.96. The molecule has 0 N–H and O–H groups in total. The Labute approximate surface area is 140 Å². The van der Waals surface area contributed by atoms with Gasteiger partial charge in [-0.1, -0.05) is 60.7 Å². The van der Waals surface area contributed by atoms with E-state index in [-0.39, 0.29) is 0 Å². The zero-order valence-corrected chi connectivity index (χ0v) is 13.3. The maximum atomic E-state index is 10.6. The van der Waals surface area contributed by atoms with Gasteiger partial charge in [-0.3, -0.25) is 0 Å². The number of anilines is 1. The van der Waals surface area contributed by atoms with E-state index in [1.165, 1.54) is 32.8 Å². The molecule has 0 heterocycles. The van der Waals surface area contributed by atoms with Crippen molar-refractivity contribution in [2.24, 2.45) is 5.29 Å². The van der Waals surface area contributed by atoms with Gasteiger partial charge in [-0.25, -0.2) is 5.01 Å². The molecule has 0 unspecified atom stereocenters. The van der Waals surface area contributed by atoms with E-state index < -0.39 is 0 Å². The first-order chi connectivity index (χ1) is 11.8. The maximum absolute atomic E-state index is 10.6. The molecule has 3 aromatic carbocycles. The summed E-state index contributed by atoms with van der Waals surface area (Å²) in [4.78, 5) is 10.6. The summed E-state index contributed by atoms with van der Waals surface area (Å²) >= 11 is 0. The van der Waals surface area contributed by atoms with Crippen molar-refractivity contribution < 1.29 is 0 Å². The fraction of sp³-hybridized carbons (Fsp3) is 0.0476. The summed E-state index contributed by atoms with van der Waals surface area (Å²) in [6, 6.07) is 24.8. The highest BCUT2D eigenvalue weighted by molar-refractivity contribution is 6.06. The van der Waals surface area contributed by atoms with E-state index >= 15 is 0 Å². The van der Waals surface area contributed by atoms with Crippen LogP contribution in [0.15, 0.2) is 78.1 Å². The smallest absolute Gasteiger partial charge is 0.0623 e. The van der Waals surface area contributed by atoms with Crippen LogP contribution in [0.5, 0.6) is 0 Å². The summed E-state index contributed by atoms with van der Waals surface area (Å²) in [7, 11) is 1.64. The molecule has 0 aliphatic heterocycles. The maximum Gasteiger partial charge on any atom is 0.0623 e. The summed E-state index contributed by atoms with van der Waals surface area (Å²) in [6.45, 7) is 0. The number of nitroso groups, excluding NO2 is 1. The van der Waals surface area contributed by atoms with Crippen LogP contribution in [0.4, 0.5) is 5.69 Å². The first-order valence-corrected chi connectivity index (χ1v) is 7.86. The number of hydrogen-bond donors (Lipinski definition) is 0. The van der Waals surface area contributed by atoms with Crippen LogP contribution in [0.1, 0.15) is 16.7 Å². The van der Waals surface area contributed by atoms with Crippen molar-refractivity contribution in [3.8, 4) is 11.1 Å². The molecule has 0 radical (unpaired) electrons. The van der Waals surface area contributed by atoms with Gasteiger partial charge in [-0.05, 0) is 51.6 Å². The first kappa shape index (κ1) is 14.4. The first-order valence-electron chi connectivity index (χ1n) is 7.86. The lowest BCUT2D eigenvalue weighted by Crippen LogP contribution is -2.06. The Balaban J connectivity index is 1.81. The molecule has 1 aliphatic carbocycles. The largest absolute Gasteiger partial charge is 0.232 e. The van der Waals surface area contributed by atoms with Crippen LogP contribution in [-0.2, 0) is 0 Å². The Bertz CT molecular complexity index is 895. The Morgan fingerprint density at radius 1 is 0.750 bits per heavy atom. The van der Waals surface area contributed by atoms with E-state index in [0.717, 1.165) is 11.3 Å². The van der Waals surface area contributed by atoms with Crippen LogP contribution < -0.4 is 5.01 Å². The van der Waals surface area contributed by atoms with Crippen molar-refractivity contribution >= 4 is 17.3 Å². The Kier molecular flexibility index (Phi) is 3.47. The number of hydrogen-bond acceptors (Lipinski definition) is 2. The van der Waals surface area contributed by atoms with Crippen molar-refractivity contribution in [1.82, 2.24) is 0 Å².